The van der Waals surface area contributed by atoms with Crippen molar-refractivity contribution in [3.05, 3.63) is 46.9 Å². The highest BCUT2D eigenvalue weighted by Gasteiger charge is 2.22. The number of rotatable bonds is 3. The van der Waals surface area contributed by atoms with E-state index in [2.05, 4.69) is 22.2 Å². The van der Waals surface area contributed by atoms with Crippen molar-refractivity contribution < 1.29 is 4.79 Å². The van der Waals surface area contributed by atoms with Crippen molar-refractivity contribution >= 4 is 29.0 Å². The van der Waals surface area contributed by atoms with Gasteiger partial charge in [0, 0.05) is 23.8 Å². The van der Waals surface area contributed by atoms with E-state index in [1.165, 1.54) is 6.20 Å². The lowest BCUT2D eigenvalue weighted by atomic mass is 9.99. The summed E-state index contributed by atoms with van der Waals surface area (Å²) < 4.78 is 0. The van der Waals surface area contributed by atoms with Gasteiger partial charge >= 0.3 is 0 Å². The fourth-order valence-electron chi connectivity index (χ4n) is 2.70. The van der Waals surface area contributed by atoms with Crippen LogP contribution in [-0.2, 0) is 0 Å². The van der Waals surface area contributed by atoms with Gasteiger partial charge in [-0.1, -0.05) is 24.6 Å². The zero-order chi connectivity index (χ0) is 17.1. The minimum Gasteiger partial charge on any atom is -0.339 e. The van der Waals surface area contributed by atoms with E-state index in [1.54, 1.807) is 6.20 Å². The van der Waals surface area contributed by atoms with Gasteiger partial charge in [0.1, 0.15) is 11.5 Å². The molecule has 0 bridgehead atoms. The molecule has 1 amide bonds. The monoisotopic (exact) mass is 344 g/mol. The lowest BCUT2D eigenvalue weighted by Gasteiger charge is -2.29. The molecule has 2 heterocycles. The van der Waals surface area contributed by atoms with Crippen LogP contribution in [0, 0.1) is 12.8 Å². The van der Waals surface area contributed by atoms with E-state index >= 15 is 0 Å². The SMILES string of the molecule is Cc1ccc(Nc2cnc(C(=O)N3CCC(C)CC3)cn2)cc1Cl. The molecule has 0 atom stereocenters. The summed E-state index contributed by atoms with van der Waals surface area (Å²) in [5.74, 6) is 1.23. The molecule has 1 aromatic heterocycles. The largest absolute Gasteiger partial charge is 0.339 e. The zero-order valence-corrected chi connectivity index (χ0v) is 14.7. The Kier molecular flexibility index (Phi) is 5.00. The Bertz CT molecular complexity index is 724. The van der Waals surface area contributed by atoms with Crippen molar-refractivity contribution in [3.8, 4) is 0 Å². The smallest absolute Gasteiger partial charge is 0.274 e. The molecular formula is C18H21ClN4O. The Morgan fingerprint density at radius 1 is 1.25 bits per heavy atom. The van der Waals surface area contributed by atoms with Crippen LogP contribution in [0.15, 0.2) is 30.6 Å². The summed E-state index contributed by atoms with van der Waals surface area (Å²) in [6.07, 6.45) is 5.20. The van der Waals surface area contributed by atoms with Crippen LogP contribution in [0.3, 0.4) is 0 Å². The van der Waals surface area contributed by atoms with E-state index in [0.29, 0.717) is 22.5 Å². The number of nitrogens with one attached hydrogen (secondary N) is 1. The van der Waals surface area contributed by atoms with Crippen LogP contribution in [0.5, 0.6) is 0 Å². The van der Waals surface area contributed by atoms with Gasteiger partial charge in [-0.15, -0.1) is 0 Å². The Labute approximate surface area is 147 Å². The highest BCUT2D eigenvalue weighted by molar-refractivity contribution is 6.31. The summed E-state index contributed by atoms with van der Waals surface area (Å²) in [4.78, 5) is 22.9. The molecule has 1 fully saturated rings. The van der Waals surface area contributed by atoms with Gasteiger partial charge in [0.05, 0.1) is 12.4 Å². The molecule has 5 nitrogen and oxygen atoms in total. The van der Waals surface area contributed by atoms with Crippen molar-refractivity contribution in [1.82, 2.24) is 14.9 Å². The van der Waals surface area contributed by atoms with Crippen molar-refractivity contribution in [2.45, 2.75) is 26.7 Å². The molecule has 0 spiro atoms. The second-order valence-corrected chi connectivity index (χ2v) is 6.76. The number of anilines is 2. The maximum absolute atomic E-state index is 12.4. The predicted molar refractivity (Wildman–Crippen MR) is 95.8 cm³/mol. The Balaban J connectivity index is 1.66. The molecule has 0 unspecified atom stereocenters. The third kappa shape index (κ3) is 3.85. The summed E-state index contributed by atoms with van der Waals surface area (Å²) in [7, 11) is 0. The van der Waals surface area contributed by atoms with Crippen molar-refractivity contribution in [3.63, 3.8) is 0 Å². The fraction of sp³-hybridized carbons (Fsp3) is 0.389. The number of amides is 1. The lowest BCUT2D eigenvalue weighted by Crippen LogP contribution is -2.38. The van der Waals surface area contributed by atoms with Crippen LogP contribution in [0.1, 0.15) is 35.8 Å². The number of halogens is 1. The van der Waals surface area contributed by atoms with Gasteiger partial charge in [0.15, 0.2) is 0 Å². The van der Waals surface area contributed by atoms with E-state index in [4.69, 9.17) is 11.6 Å². The van der Waals surface area contributed by atoms with E-state index in [0.717, 1.165) is 37.2 Å². The van der Waals surface area contributed by atoms with Gasteiger partial charge in [-0.25, -0.2) is 9.97 Å². The number of likely N-dealkylation sites (tertiary alicyclic amines) is 1. The number of benzene rings is 1. The average molecular weight is 345 g/mol. The molecule has 2 aromatic rings. The molecule has 1 aromatic carbocycles. The maximum Gasteiger partial charge on any atom is 0.274 e. The molecule has 24 heavy (non-hydrogen) atoms. The van der Waals surface area contributed by atoms with E-state index in [-0.39, 0.29) is 5.91 Å². The molecule has 0 aliphatic carbocycles. The maximum atomic E-state index is 12.4. The Morgan fingerprint density at radius 3 is 2.62 bits per heavy atom. The average Bonchev–Trinajstić information content (AvgIpc) is 2.59. The number of piperidine rings is 1. The molecule has 0 radical (unpaired) electrons. The number of carbonyl (C=O) groups is 1. The first-order chi connectivity index (χ1) is 11.5. The Hall–Kier alpha value is -2.14. The third-order valence-corrected chi connectivity index (χ3v) is 4.79. The number of aromatic nitrogens is 2. The molecule has 6 heteroatoms. The summed E-state index contributed by atoms with van der Waals surface area (Å²) in [6, 6.07) is 5.71. The van der Waals surface area contributed by atoms with Crippen LogP contribution in [0.25, 0.3) is 0 Å². The lowest BCUT2D eigenvalue weighted by molar-refractivity contribution is 0.0691. The van der Waals surface area contributed by atoms with Gasteiger partial charge in [-0.2, -0.15) is 0 Å². The number of aryl methyl sites for hydroxylation is 1. The third-order valence-electron chi connectivity index (χ3n) is 4.39. The van der Waals surface area contributed by atoms with Crippen LogP contribution in [0.4, 0.5) is 11.5 Å². The summed E-state index contributed by atoms with van der Waals surface area (Å²) >= 11 is 6.12. The standard InChI is InChI=1S/C18H21ClN4O/c1-12-5-7-23(8-6-12)18(24)16-10-21-17(11-20-16)22-14-4-3-13(2)15(19)9-14/h3-4,9-12H,5-8H2,1-2H3,(H,21,22). The van der Waals surface area contributed by atoms with Crippen molar-refractivity contribution in [1.29, 1.82) is 0 Å². The first kappa shape index (κ1) is 16.7. The first-order valence-corrected chi connectivity index (χ1v) is 8.55. The highest BCUT2D eigenvalue weighted by atomic mass is 35.5. The van der Waals surface area contributed by atoms with Gasteiger partial charge in [0.25, 0.3) is 5.91 Å². The molecule has 3 rings (SSSR count). The van der Waals surface area contributed by atoms with Gasteiger partial charge in [-0.3, -0.25) is 4.79 Å². The number of hydrogen-bond acceptors (Lipinski definition) is 4. The van der Waals surface area contributed by atoms with E-state index in [1.807, 2.05) is 30.0 Å². The summed E-state index contributed by atoms with van der Waals surface area (Å²) in [5, 5.41) is 3.83. The molecular weight excluding hydrogens is 324 g/mol. The minimum absolute atomic E-state index is 0.0423. The zero-order valence-electron chi connectivity index (χ0n) is 13.9. The minimum atomic E-state index is -0.0423. The summed E-state index contributed by atoms with van der Waals surface area (Å²) in [5.41, 5.74) is 2.24. The molecule has 1 saturated heterocycles. The quantitative estimate of drug-likeness (QED) is 0.912. The molecule has 1 aliphatic rings. The number of carbonyl (C=O) groups excluding carboxylic acids is 1. The van der Waals surface area contributed by atoms with Crippen molar-refractivity contribution in [2.75, 3.05) is 18.4 Å². The number of nitrogens with zero attached hydrogens (tertiary/aromatic N) is 3. The molecule has 1 N–H and O–H groups in total. The van der Waals surface area contributed by atoms with Crippen LogP contribution in [0.2, 0.25) is 5.02 Å². The second kappa shape index (κ2) is 7.18. The van der Waals surface area contributed by atoms with Gasteiger partial charge in [-0.05, 0) is 43.4 Å². The fourth-order valence-corrected chi connectivity index (χ4v) is 2.88. The van der Waals surface area contributed by atoms with Gasteiger partial charge in [0.2, 0.25) is 0 Å². The van der Waals surface area contributed by atoms with Crippen LogP contribution in [-0.4, -0.2) is 33.9 Å². The first-order valence-electron chi connectivity index (χ1n) is 8.17. The van der Waals surface area contributed by atoms with Crippen LogP contribution < -0.4 is 5.32 Å². The van der Waals surface area contributed by atoms with Gasteiger partial charge < -0.3 is 10.2 Å². The highest BCUT2D eigenvalue weighted by Crippen LogP contribution is 2.22. The molecule has 126 valence electrons. The van der Waals surface area contributed by atoms with Crippen LogP contribution >= 0.6 is 11.6 Å². The van der Waals surface area contributed by atoms with Crippen molar-refractivity contribution in [2.24, 2.45) is 5.92 Å². The second-order valence-electron chi connectivity index (χ2n) is 6.35. The predicted octanol–water partition coefficient (Wildman–Crippen LogP) is 4.05. The topological polar surface area (TPSA) is 58.1 Å². The van der Waals surface area contributed by atoms with E-state index < -0.39 is 0 Å². The number of hydrogen-bond donors (Lipinski definition) is 1. The Morgan fingerprint density at radius 2 is 2.00 bits per heavy atom. The summed E-state index contributed by atoms with van der Waals surface area (Å²) in [6.45, 7) is 5.76. The van der Waals surface area contributed by atoms with E-state index in [9.17, 15) is 4.79 Å². The normalized spacial score (nSPS) is 15.4. The molecule has 1 aliphatic heterocycles. The molecule has 0 saturated carbocycles.